The Morgan fingerprint density at radius 3 is 2.91 bits per heavy atom. The van der Waals surface area contributed by atoms with Crippen LogP contribution in [0.1, 0.15) is 11.3 Å². The summed E-state index contributed by atoms with van der Waals surface area (Å²) in [7, 11) is 1.64. The fraction of sp³-hybridized carbons (Fsp3) is 0.375. The first-order valence-corrected chi connectivity index (χ1v) is 7.27. The summed E-state index contributed by atoms with van der Waals surface area (Å²) in [5.74, 6) is 0.839. The van der Waals surface area contributed by atoms with Crippen molar-refractivity contribution in [1.82, 2.24) is 14.9 Å². The molecule has 0 aliphatic carbocycles. The first-order valence-electron chi connectivity index (χ1n) is 7.27. The number of amides is 1. The maximum atomic E-state index is 12.5. The Labute approximate surface area is 129 Å². The van der Waals surface area contributed by atoms with Crippen LogP contribution in [0.4, 0.5) is 0 Å². The van der Waals surface area contributed by atoms with Gasteiger partial charge in [0, 0.05) is 31.4 Å². The van der Waals surface area contributed by atoms with Gasteiger partial charge in [-0.05, 0) is 17.7 Å². The molecule has 1 atom stereocenters. The summed E-state index contributed by atoms with van der Waals surface area (Å²) < 4.78 is 10.8. The molecule has 22 heavy (non-hydrogen) atoms. The Morgan fingerprint density at radius 2 is 2.23 bits per heavy atom. The first kappa shape index (κ1) is 14.6. The average molecular weight is 301 g/mol. The third-order valence-corrected chi connectivity index (χ3v) is 3.76. The van der Waals surface area contributed by atoms with Gasteiger partial charge in [0.05, 0.1) is 20.0 Å². The minimum Gasteiger partial charge on any atom is -0.497 e. The molecule has 2 aromatic rings. The minimum atomic E-state index is -0.438. The number of hydrogen-bond donors (Lipinski definition) is 1. The van der Waals surface area contributed by atoms with E-state index in [1.807, 2.05) is 29.2 Å². The van der Waals surface area contributed by atoms with E-state index in [2.05, 4.69) is 9.97 Å². The molecule has 0 saturated carbocycles. The van der Waals surface area contributed by atoms with Gasteiger partial charge in [0.2, 0.25) is 0 Å². The van der Waals surface area contributed by atoms with Gasteiger partial charge in [-0.25, -0.2) is 4.98 Å². The molecule has 0 radical (unpaired) electrons. The van der Waals surface area contributed by atoms with Gasteiger partial charge >= 0.3 is 0 Å². The third kappa shape index (κ3) is 3.28. The molecule has 0 spiro atoms. The topological polar surface area (TPSA) is 67.5 Å². The van der Waals surface area contributed by atoms with Crippen molar-refractivity contribution in [2.75, 3.05) is 20.3 Å². The van der Waals surface area contributed by atoms with Crippen molar-refractivity contribution >= 4 is 5.91 Å². The lowest BCUT2D eigenvalue weighted by molar-refractivity contribution is -0.153. The van der Waals surface area contributed by atoms with E-state index in [1.54, 1.807) is 19.6 Å². The van der Waals surface area contributed by atoms with Crippen LogP contribution in [0.3, 0.4) is 0 Å². The largest absolute Gasteiger partial charge is 0.497 e. The number of methoxy groups -OCH3 is 1. The van der Waals surface area contributed by atoms with Crippen LogP contribution < -0.4 is 4.74 Å². The lowest BCUT2D eigenvalue weighted by atomic mass is 10.1. The number of rotatable bonds is 5. The van der Waals surface area contributed by atoms with Gasteiger partial charge in [0.15, 0.2) is 0 Å². The maximum Gasteiger partial charge on any atom is 0.252 e. The molecule has 116 valence electrons. The molecular weight excluding hydrogens is 282 g/mol. The second kappa shape index (κ2) is 6.62. The smallest absolute Gasteiger partial charge is 0.252 e. The third-order valence-electron chi connectivity index (χ3n) is 3.76. The van der Waals surface area contributed by atoms with E-state index in [4.69, 9.17) is 9.47 Å². The fourth-order valence-electron chi connectivity index (χ4n) is 2.54. The Hall–Kier alpha value is -2.34. The van der Waals surface area contributed by atoms with Crippen molar-refractivity contribution in [2.45, 2.75) is 19.1 Å². The molecule has 0 bridgehead atoms. The number of benzene rings is 1. The van der Waals surface area contributed by atoms with Crippen LogP contribution in [0.2, 0.25) is 0 Å². The summed E-state index contributed by atoms with van der Waals surface area (Å²) in [5, 5.41) is 0. The highest BCUT2D eigenvalue weighted by Gasteiger charge is 2.30. The molecule has 1 amide bonds. The number of nitrogens with zero attached hydrogens (tertiary/aromatic N) is 2. The van der Waals surface area contributed by atoms with Crippen LogP contribution in [-0.4, -0.2) is 47.1 Å². The second-order valence-electron chi connectivity index (χ2n) is 5.25. The highest BCUT2D eigenvalue weighted by molar-refractivity contribution is 5.81. The van der Waals surface area contributed by atoms with E-state index in [0.717, 1.165) is 17.0 Å². The number of nitrogens with one attached hydrogen (secondary N) is 1. The Kier molecular flexibility index (Phi) is 4.39. The number of aromatic nitrogens is 2. The number of carbonyl (C=O) groups is 1. The number of H-pyrrole nitrogens is 1. The molecule has 1 saturated heterocycles. The number of ether oxygens (including phenoxy) is 2. The Balaban J connectivity index is 1.64. The predicted octanol–water partition coefficient (Wildman–Crippen LogP) is 1.39. The van der Waals surface area contributed by atoms with Crippen molar-refractivity contribution < 1.29 is 14.3 Å². The molecule has 6 nitrogen and oxygen atoms in total. The fourth-order valence-corrected chi connectivity index (χ4v) is 2.54. The highest BCUT2D eigenvalue weighted by Crippen LogP contribution is 2.17. The summed E-state index contributed by atoms with van der Waals surface area (Å²) in [6, 6.07) is 7.77. The van der Waals surface area contributed by atoms with E-state index in [9.17, 15) is 4.79 Å². The van der Waals surface area contributed by atoms with E-state index in [0.29, 0.717) is 26.1 Å². The van der Waals surface area contributed by atoms with Crippen molar-refractivity contribution in [2.24, 2.45) is 0 Å². The van der Waals surface area contributed by atoms with Gasteiger partial charge in [-0.15, -0.1) is 0 Å². The summed E-state index contributed by atoms with van der Waals surface area (Å²) in [5.41, 5.74) is 1.99. The monoisotopic (exact) mass is 301 g/mol. The zero-order valence-electron chi connectivity index (χ0n) is 12.5. The van der Waals surface area contributed by atoms with Gasteiger partial charge in [0.25, 0.3) is 5.91 Å². The molecule has 3 rings (SSSR count). The van der Waals surface area contributed by atoms with Gasteiger partial charge < -0.3 is 19.4 Å². The molecule has 6 heteroatoms. The van der Waals surface area contributed by atoms with Crippen LogP contribution in [0.5, 0.6) is 5.75 Å². The quantitative estimate of drug-likeness (QED) is 0.906. The normalized spacial score (nSPS) is 18.5. The van der Waals surface area contributed by atoms with Gasteiger partial charge in [-0.3, -0.25) is 4.79 Å². The number of carbonyl (C=O) groups excluding carboxylic acids is 1. The molecule has 1 aromatic heterocycles. The molecule has 1 N–H and O–H groups in total. The van der Waals surface area contributed by atoms with Crippen LogP contribution in [0, 0.1) is 0 Å². The zero-order valence-corrected chi connectivity index (χ0v) is 12.5. The highest BCUT2D eigenvalue weighted by atomic mass is 16.5. The summed E-state index contributed by atoms with van der Waals surface area (Å²) in [6.45, 7) is 1.76. The summed E-state index contributed by atoms with van der Waals surface area (Å²) in [6.07, 6.45) is 3.42. The number of morpholine rings is 1. The molecule has 2 heterocycles. The van der Waals surface area contributed by atoms with Crippen LogP contribution in [0.25, 0.3) is 0 Å². The van der Waals surface area contributed by atoms with Crippen LogP contribution in [0.15, 0.2) is 36.8 Å². The Morgan fingerprint density at radius 1 is 1.41 bits per heavy atom. The zero-order chi connectivity index (χ0) is 15.4. The number of hydrogen-bond acceptors (Lipinski definition) is 4. The SMILES string of the molecule is COc1ccc(CN2CCO[C@H](Cc3cnc[nH]3)C2=O)cc1. The number of aromatic amines is 1. The summed E-state index contributed by atoms with van der Waals surface area (Å²) >= 11 is 0. The molecular formula is C16H19N3O3. The molecule has 1 fully saturated rings. The molecule has 1 aliphatic heterocycles. The van der Waals surface area contributed by atoms with E-state index in [-0.39, 0.29) is 5.91 Å². The van der Waals surface area contributed by atoms with Gasteiger partial charge in [-0.2, -0.15) is 0 Å². The lowest BCUT2D eigenvalue weighted by Gasteiger charge is -2.32. The van der Waals surface area contributed by atoms with Crippen LogP contribution >= 0.6 is 0 Å². The van der Waals surface area contributed by atoms with Gasteiger partial charge in [-0.1, -0.05) is 12.1 Å². The predicted molar refractivity (Wildman–Crippen MR) is 80.4 cm³/mol. The van der Waals surface area contributed by atoms with Crippen LogP contribution in [-0.2, 0) is 22.5 Å². The average Bonchev–Trinajstić information content (AvgIpc) is 3.05. The first-order chi connectivity index (χ1) is 10.8. The minimum absolute atomic E-state index is 0.0247. The van der Waals surface area contributed by atoms with Crippen molar-refractivity contribution in [3.8, 4) is 5.75 Å². The lowest BCUT2D eigenvalue weighted by Crippen LogP contribution is -2.48. The number of imidazole rings is 1. The maximum absolute atomic E-state index is 12.5. The van der Waals surface area contributed by atoms with E-state index < -0.39 is 6.10 Å². The Bertz CT molecular complexity index is 610. The van der Waals surface area contributed by atoms with Crippen molar-refractivity contribution in [3.63, 3.8) is 0 Å². The molecule has 1 aromatic carbocycles. The van der Waals surface area contributed by atoms with E-state index >= 15 is 0 Å². The van der Waals surface area contributed by atoms with E-state index in [1.165, 1.54) is 0 Å². The summed E-state index contributed by atoms with van der Waals surface area (Å²) in [4.78, 5) is 21.3. The van der Waals surface area contributed by atoms with Gasteiger partial charge in [0.1, 0.15) is 11.9 Å². The van der Waals surface area contributed by atoms with Crippen molar-refractivity contribution in [3.05, 3.63) is 48.0 Å². The standard InChI is InChI=1S/C16H19N3O3/c1-21-14-4-2-12(3-5-14)10-19-6-7-22-15(16(19)20)8-13-9-17-11-18-13/h2-5,9,11,15H,6-8,10H2,1H3,(H,17,18)/t15-/m1/s1. The van der Waals surface area contributed by atoms with Crippen molar-refractivity contribution in [1.29, 1.82) is 0 Å². The molecule has 0 unspecified atom stereocenters. The molecule has 1 aliphatic rings. The second-order valence-corrected chi connectivity index (χ2v) is 5.25.